The summed E-state index contributed by atoms with van der Waals surface area (Å²) in [5, 5.41) is 0. The lowest BCUT2D eigenvalue weighted by molar-refractivity contribution is 0.349. The Hall–Kier alpha value is 0. The summed E-state index contributed by atoms with van der Waals surface area (Å²) in [6, 6.07) is 0. The highest BCUT2D eigenvalue weighted by Gasteiger charge is 2.11. The third kappa shape index (κ3) is 12.8. The standard InChI is InChI=1S/C8H16.C7H14.2C2H6/c1-2-8-6-4-3-5-7-8;1-2-7-5-3-4-6-7;2*1-2/h8H,2-7H2,1H3;7H,2-6H2,1H3;2*1-2H3. The maximum absolute atomic E-state index is 2.32. The van der Waals surface area contributed by atoms with E-state index in [0.717, 1.165) is 11.8 Å². The van der Waals surface area contributed by atoms with Crippen LogP contribution in [0.5, 0.6) is 0 Å². The molecule has 0 spiro atoms. The van der Waals surface area contributed by atoms with Gasteiger partial charge in [-0.05, 0) is 11.8 Å². The first kappa shape index (κ1) is 21.3. The minimum absolute atomic E-state index is 1.09. The molecule has 2 aliphatic carbocycles. The van der Waals surface area contributed by atoms with E-state index in [4.69, 9.17) is 0 Å². The van der Waals surface area contributed by atoms with Crippen LogP contribution in [0.4, 0.5) is 0 Å². The minimum Gasteiger partial charge on any atom is -0.0683 e. The third-order valence-electron chi connectivity index (χ3n) is 4.35. The molecule has 0 aliphatic heterocycles. The largest absolute Gasteiger partial charge is 0.0683 e. The summed E-state index contributed by atoms with van der Waals surface area (Å²) in [4.78, 5) is 0. The van der Waals surface area contributed by atoms with Crippen molar-refractivity contribution < 1.29 is 0 Å². The van der Waals surface area contributed by atoms with E-state index in [2.05, 4.69) is 13.8 Å². The topological polar surface area (TPSA) is 0 Å². The van der Waals surface area contributed by atoms with Gasteiger partial charge in [-0.3, -0.25) is 0 Å². The van der Waals surface area contributed by atoms with Crippen LogP contribution in [0, 0.1) is 11.8 Å². The fourth-order valence-electron chi connectivity index (χ4n) is 3.01. The molecule has 0 radical (unpaired) electrons. The van der Waals surface area contributed by atoms with Gasteiger partial charge >= 0.3 is 0 Å². The van der Waals surface area contributed by atoms with Crippen LogP contribution in [0.25, 0.3) is 0 Å². The molecule has 2 fully saturated rings. The van der Waals surface area contributed by atoms with Crippen LogP contribution in [-0.4, -0.2) is 0 Å². The Bertz CT molecular complexity index is 127. The number of rotatable bonds is 2. The van der Waals surface area contributed by atoms with Gasteiger partial charge in [0.1, 0.15) is 0 Å². The molecule has 0 heteroatoms. The van der Waals surface area contributed by atoms with Crippen molar-refractivity contribution in [3.05, 3.63) is 0 Å². The molecule has 0 N–H and O–H groups in total. The van der Waals surface area contributed by atoms with E-state index in [-0.39, 0.29) is 0 Å². The zero-order chi connectivity index (χ0) is 14.9. The fourth-order valence-corrected chi connectivity index (χ4v) is 3.01. The second-order valence-corrected chi connectivity index (χ2v) is 5.47. The monoisotopic (exact) mass is 270 g/mol. The predicted molar refractivity (Wildman–Crippen MR) is 91.8 cm³/mol. The molecule has 0 amide bonds. The average molecular weight is 271 g/mol. The zero-order valence-corrected chi connectivity index (χ0v) is 14.9. The van der Waals surface area contributed by atoms with Gasteiger partial charge in [0, 0.05) is 0 Å². The lowest BCUT2D eigenvalue weighted by Crippen LogP contribution is -2.03. The van der Waals surface area contributed by atoms with Crippen LogP contribution in [0.3, 0.4) is 0 Å². The Morgan fingerprint density at radius 1 is 0.526 bits per heavy atom. The van der Waals surface area contributed by atoms with Crippen molar-refractivity contribution in [2.45, 2.75) is 112 Å². The summed E-state index contributed by atoms with van der Waals surface area (Å²) in [5.74, 6) is 2.18. The second kappa shape index (κ2) is 18.0. The molecular weight excluding hydrogens is 228 g/mol. The molecule has 0 unspecified atom stereocenters. The van der Waals surface area contributed by atoms with Crippen molar-refractivity contribution in [3.63, 3.8) is 0 Å². The Labute approximate surface area is 124 Å². The van der Waals surface area contributed by atoms with Crippen molar-refractivity contribution in [3.8, 4) is 0 Å². The van der Waals surface area contributed by atoms with Crippen molar-refractivity contribution in [2.75, 3.05) is 0 Å². The molecule has 0 heterocycles. The van der Waals surface area contributed by atoms with E-state index in [1.54, 1.807) is 0 Å². The molecule has 0 bridgehead atoms. The van der Waals surface area contributed by atoms with E-state index in [1.807, 2.05) is 27.7 Å². The van der Waals surface area contributed by atoms with Gasteiger partial charge in [-0.1, -0.05) is 112 Å². The Balaban J connectivity index is 0. The Kier molecular flexibility index (Phi) is 20.2. The van der Waals surface area contributed by atoms with E-state index < -0.39 is 0 Å². The molecule has 118 valence electrons. The highest BCUT2D eigenvalue weighted by Crippen LogP contribution is 2.26. The maximum Gasteiger partial charge on any atom is -0.0417 e. The van der Waals surface area contributed by atoms with Gasteiger partial charge in [0.05, 0.1) is 0 Å². The summed E-state index contributed by atoms with van der Waals surface area (Å²) in [6.45, 7) is 12.6. The van der Waals surface area contributed by atoms with Crippen molar-refractivity contribution in [1.29, 1.82) is 0 Å². The SMILES string of the molecule is CC.CC.CCC1CCCC1.CCC1CCCCC1. The van der Waals surface area contributed by atoms with Gasteiger partial charge in [-0.15, -0.1) is 0 Å². The molecule has 0 aromatic carbocycles. The zero-order valence-electron chi connectivity index (χ0n) is 14.9. The second-order valence-electron chi connectivity index (χ2n) is 5.47. The van der Waals surface area contributed by atoms with Gasteiger partial charge in [0.2, 0.25) is 0 Å². The first-order valence-corrected chi connectivity index (χ1v) is 9.36. The van der Waals surface area contributed by atoms with Gasteiger partial charge in [0.25, 0.3) is 0 Å². The highest BCUT2D eigenvalue weighted by atomic mass is 14.2. The molecule has 19 heavy (non-hydrogen) atoms. The van der Waals surface area contributed by atoms with E-state index >= 15 is 0 Å². The number of hydrogen-bond donors (Lipinski definition) is 0. The van der Waals surface area contributed by atoms with Crippen LogP contribution < -0.4 is 0 Å². The van der Waals surface area contributed by atoms with Crippen LogP contribution in [0.2, 0.25) is 0 Å². The number of hydrogen-bond acceptors (Lipinski definition) is 0. The Morgan fingerprint density at radius 3 is 1.00 bits per heavy atom. The maximum atomic E-state index is 2.32. The summed E-state index contributed by atoms with van der Waals surface area (Å²) in [7, 11) is 0. The molecular formula is C19H42. The third-order valence-corrected chi connectivity index (χ3v) is 4.35. The van der Waals surface area contributed by atoms with Crippen molar-refractivity contribution in [2.24, 2.45) is 11.8 Å². The Morgan fingerprint density at radius 2 is 0.789 bits per heavy atom. The normalized spacial score (nSPS) is 19.3. The average Bonchev–Trinajstić information content (AvgIpc) is 3.06. The summed E-state index contributed by atoms with van der Waals surface area (Å²) < 4.78 is 0. The van der Waals surface area contributed by atoms with Crippen LogP contribution in [0.15, 0.2) is 0 Å². The highest BCUT2D eigenvalue weighted by molar-refractivity contribution is 4.64. The van der Waals surface area contributed by atoms with E-state index in [9.17, 15) is 0 Å². The summed E-state index contributed by atoms with van der Waals surface area (Å²) in [6.07, 6.45) is 16.4. The molecule has 0 atom stereocenters. The van der Waals surface area contributed by atoms with Crippen LogP contribution >= 0.6 is 0 Å². The van der Waals surface area contributed by atoms with E-state index in [1.165, 1.54) is 70.6 Å². The van der Waals surface area contributed by atoms with Gasteiger partial charge < -0.3 is 0 Å². The quantitative estimate of drug-likeness (QED) is 0.484. The summed E-state index contributed by atoms with van der Waals surface area (Å²) >= 11 is 0. The van der Waals surface area contributed by atoms with Gasteiger partial charge in [-0.2, -0.15) is 0 Å². The van der Waals surface area contributed by atoms with Gasteiger partial charge in [0.15, 0.2) is 0 Å². The van der Waals surface area contributed by atoms with Crippen LogP contribution in [0.1, 0.15) is 112 Å². The van der Waals surface area contributed by atoms with Crippen molar-refractivity contribution >= 4 is 0 Å². The molecule has 2 saturated carbocycles. The molecule has 0 aromatic rings. The fraction of sp³-hybridized carbons (Fsp3) is 1.00. The molecule has 0 nitrogen and oxygen atoms in total. The van der Waals surface area contributed by atoms with Gasteiger partial charge in [-0.25, -0.2) is 0 Å². The summed E-state index contributed by atoms with van der Waals surface area (Å²) in [5.41, 5.74) is 0. The van der Waals surface area contributed by atoms with Crippen LogP contribution in [-0.2, 0) is 0 Å². The predicted octanol–water partition coefficient (Wildman–Crippen LogP) is 7.62. The molecule has 0 saturated heterocycles. The molecule has 2 aliphatic rings. The minimum atomic E-state index is 1.09. The first-order valence-electron chi connectivity index (χ1n) is 9.36. The van der Waals surface area contributed by atoms with Crippen molar-refractivity contribution in [1.82, 2.24) is 0 Å². The van der Waals surface area contributed by atoms with E-state index in [0.29, 0.717) is 0 Å². The smallest absolute Gasteiger partial charge is 0.0417 e. The lowest BCUT2D eigenvalue weighted by atomic mass is 9.88. The lowest BCUT2D eigenvalue weighted by Gasteiger charge is -2.18. The first-order chi connectivity index (χ1) is 9.36. The molecule has 0 aromatic heterocycles. The molecule has 2 rings (SSSR count).